The van der Waals surface area contributed by atoms with E-state index in [4.69, 9.17) is 9.47 Å². The second-order valence-corrected chi connectivity index (χ2v) is 6.55. The second kappa shape index (κ2) is 9.04. The monoisotopic (exact) mass is 360 g/mol. The van der Waals surface area contributed by atoms with Gasteiger partial charge in [0.2, 0.25) is 0 Å². The molecule has 3 nitrogen and oxygen atoms in total. The van der Waals surface area contributed by atoms with E-state index in [1.165, 1.54) is 12.7 Å². The highest BCUT2D eigenvalue weighted by molar-refractivity contribution is 5.72. The van der Waals surface area contributed by atoms with Gasteiger partial charge in [0.25, 0.3) is 0 Å². The summed E-state index contributed by atoms with van der Waals surface area (Å²) in [7, 11) is 1.42. The maximum Gasteiger partial charge on any atom is 0.305 e. The highest BCUT2D eigenvalue weighted by Crippen LogP contribution is 2.32. The minimum atomic E-state index is -0.192. The van der Waals surface area contributed by atoms with Crippen LogP contribution in [0.2, 0.25) is 0 Å². The molecule has 0 aliphatic rings. The van der Waals surface area contributed by atoms with E-state index in [2.05, 4.69) is 43.3 Å². The first-order chi connectivity index (χ1) is 13.2. The van der Waals surface area contributed by atoms with Gasteiger partial charge in [-0.3, -0.25) is 4.79 Å². The Bertz CT molecular complexity index is 901. The molecular weight excluding hydrogens is 336 g/mol. The Kier molecular flexibility index (Phi) is 6.26. The van der Waals surface area contributed by atoms with Crippen LogP contribution in [0.5, 0.6) is 5.75 Å². The number of hydrogen-bond donors (Lipinski definition) is 0. The van der Waals surface area contributed by atoms with Gasteiger partial charge < -0.3 is 9.47 Å². The van der Waals surface area contributed by atoms with E-state index in [0.29, 0.717) is 19.4 Å². The molecule has 0 aliphatic carbocycles. The summed E-state index contributed by atoms with van der Waals surface area (Å²) in [6.07, 6.45) is 1.04. The van der Waals surface area contributed by atoms with Gasteiger partial charge in [-0.15, -0.1) is 0 Å². The van der Waals surface area contributed by atoms with Crippen molar-refractivity contribution in [1.82, 2.24) is 0 Å². The van der Waals surface area contributed by atoms with Crippen molar-refractivity contribution < 1.29 is 14.3 Å². The lowest BCUT2D eigenvalue weighted by atomic mass is 9.99. The zero-order chi connectivity index (χ0) is 19.1. The minimum absolute atomic E-state index is 0.192. The molecule has 3 heteroatoms. The van der Waals surface area contributed by atoms with Crippen molar-refractivity contribution in [3.63, 3.8) is 0 Å². The topological polar surface area (TPSA) is 35.5 Å². The third kappa shape index (κ3) is 5.20. The lowest BCUT2D eigenvalue weighted by molar-refractivity contribution is -0.140. The predicted molar refractivity (Wildman–Crippen MR) is 108 cm³/mol. The first-order valence-electron chi connectivity index (χ1n) is 9.09. The maximum absolute atomic E-state index is 11.4. The summed E-state index contributed by atoms with van der Waals surface area (Å²) in [6, 6.07) is 24.6. The van der Waals surface area contributed by atoms with Crippen molar-refractivity contribution in [1.29, 1.82) is 0 Å². The minimum Gasteiger partial charge on any atom is -0.488 e. The zero-order valence-electron chi connectivity index (χ0n) is 15.8. The van der Waals surface area contributed by atoms with E-state index in [1.54, 1.807) is 0 Å². The number of carbonyl (C=O) groups is 1. The van der Waals surface area contributed by atoms with Crippen molar-refractivity contribution in [2.45, 2.75) is 26.4 Å². The van der Waals surface area contributed by atoms with Gasteiger partial charge in [-0.2, -0.15) is 0 Å². The third-order valence-corrected chi connectivity index (χ3v) is 4.46. The lowest BCUT2D eigenvalue weighted by Crippen LogP contribution is -2.02. The highest BCUT2D eigenvalue weighted by Gasteiger charge is 2.09. The summed E-state index contributed by atoms with van der Waals surface area (Å²) in [5.74, 6) is 0.664. The second-order valence-electron chi connectivity index (χ2n) is 6.55. The Morgan fingerprint density at radius 1 is 0.889 bits per heavy atom. The van der Waals surface area contributed by atoms with Gasteiger partial charge >= 0.3 is 5.97 Å². The summed E-state index contributed by atoms with van der Waals surface area (Å²) in [5.41, 5.74) is 5.57. The van der Waals surface area contributed by atoms with Gasteiger partial charge in [-0.05, 0) is 42.2 Å². The number of esters is 1. The van der Waals surface area contributed by atoms with Gasteiger partial charge in [0, 0.05) is 12.0 Å². The Balaban J connectivity index is 1.83. The molecule has 0 spiro atoms. The quantitative estimate of drug-likeness (QED) is 0.533. The van der Waals surface area contributed by atoms with Crippen molar-refractivity contribution in [2.24, 2.45) is 0 Å². The van der Waals surface area contributed by atoms with Crippen LogP contribution in [-0.2, 0) is 22.6 Å². The van der Waals surface area contributed by atoms with Crippen molar-refractivity contribution in [3.8, 4) is 16.9 Å². The average molecular weight is 360 g/mol. The van der Waals surface area contributed by atoms with E-state index in [1.807, 2.05) is 36.4 Å². The van der Waals surface area contributed by atoms with Gasteiger partial charge in [0.15, 0.2) is 0 Å². The van der Waals surface area contributed by atoms with Crippen LogP contribution in [0.25, 0.3) is 11.1 Å². The van der Waals surface area contributed by atoms with E-state index in [0.717, 1.165) is 28.0 Å². The largest absolute Gasteiger partial charge is 0.488 e. The van der Waals surface area contributed by atoms with Crippen LogP contribution in [0.15, 0.2) is 72.8 Å². The molecule has 0 unspecified atom stereocenters. The fraction of sp³-hybridized carbons (Fsp3) is 0.208. The number of hydrogen-bond acceptors (Lipinski definition) is 3. The van der Waals surface area contributed by atoms with E-state index < -0.39 is 0 Å². The molecule has 0 radical (unpaired) electrons. The Hall–Kier alpha value is -3.07. The molecule has 0 fully saturated rings. The first-order valence-corrected chi connectivity index (χ1v) is 9.09. The Labute approximate surface area is 160 Å². The molecule has 0 aromatic heterocycles. The van der Waals surface area contributed by atoms with E-state index in [-0.39, 0.29) is 5.97 Å². The molecule has 0 N–H and O–H groups in total. The van der Waals surface area contributed by atoms with Crippen LogP contribution in [0.1, 0.15) is 23.1 Å². The standard InChI is InChI=1S/C24H24O3/c1-18-11-13-23(27-17-20-7-4-3-5-8-20)22(15-18)21-10-6-9-19(16-21)12-14-24(25)26-2/h3-11,13,15-16H,12,14,17H2,1-2H3. The summed E-state index contributed by atoms with van der Waals surface area (Å²) in [4.78, 5) is 11.4. The van der Waals surface area contributed by atoms with Crippen LogP contribution in [0.3, 0.4) is 0 Å². The molecule has 3 aromatic carbocycles. The lowest BCUT2D eigenvalue weighted by Gasteiger charge is -2.14. The number of benzene rings is 3. The Morgan fingerprint density at radius 3 is 2.44 bits per heavy atom. The Morgan fingerprint density at radius 2 is 1.67 bits per heavy atom. The molecule has 138 valence electrons. The SMILES string of the molecule is COC(=O)CCc1cccc(-c2cc(C)ccc2OCc2ccccc2)c1. The fourth-order valence-electron chi connectivity index (χ4n) is 2.97. The number of aryl methyl sites for hydroxylation is 2. The number of ether oxygens (including phenoxy) is 2. The molecule has 0 heterocycles. The smallest absolute Gasteiger partial charge is 0.305 e. The normalized spacial score (nSPS) is 10.4. The zero-order valence-corrected chi connectivity index (χ0v) is 15.8. The molecule has 3 aromatic rings. The molecular formula is C24H24O3. The predicted octanol–water partition coefficient (Wildman–Crippen LogP) is 5.35. The van der Waals surface area contributed by atoms with Crippen molar-refractivity contribution in [2.75, 3.05) is 7.11 Å². The van der Waals surface area contributed by atoms with Crippen LogP contribution in [0.4, 0.5) is 0 Å². The van der Waals surface area contributed by atoms with E-state index >= 15 is 0 Å². The van der Waals surface area contributed by atoms with Crippen molar-refractivity contribution >= 4 is 5.97 Å². The van der Waals surface area contributed by atoms with Crippen LogP contribution >= 0.6 is 0 Å². The number of carbonyl (C=O) groups excluding carboxylic acids is 1. The van der Waals surface area contributed by atoms with Crippen LogP contribution < -0.4 is 4.74 Å². The summed E-state index contributed by atoms with van der Waals surface area (Å²) in [6.45, 7) is 2.60. The molecule has 3 rings (SSSR count). The molecule has 0 bridgehead atoms. The van der Waals surface area contributed by atoms with Crippen LogP contribution in [0, 0.1) is 6.92 Å². The summed E-state index contributed by atoms with van der Waals surface area (Å²) in [5, 5.41) is 0. The summed E-state index contributed by atoms with van der Waals surface area (Å²) >= 11 is 0. The molecule has 27 heavy (non-hydrogen) atoms. The van der Waals surface area contributed by atoms with Crippen LogP contribution in [-0.4, -0.2) is 13.1 Å². The molecule has 0 atom stereocenters. The fourth-order valence-corrected chi connectivity index (χ4v) is 2.97. The molecule has 0 aliphatic heterocycles. The average Bonchev–Trinajstić information content (AvgIpc) is 2.72. The van der Waals surface area contributed by atoms with Gasteiger partial charge in [0.1, 0.15) is 12.4 Å². The summed E-state index contributed by atoms with van der Waals surface area (Å²) < 4.78 is 10.9. The highest BCUT2D eigenvalue weighted by atomic mass is 16.5. The molecule has 0 amide bonds. The van der Waals surface area contributed by atoms with Gasteiger partial charge in [-0.25, -0.2) is 0 Å². The number of rotatable bonds is 7. The third-order valence-electron chi connectivity index (χ3n) is 4.46. The number of methoxy groups -OCH3 is 1. The van der Waals surface area contributed by atoms with E-state index in [9.17, 15) is 4.79 Å². The maximum atomic E-state index is 11.4. The first kappa shape index (κ1) is 18.7. The molecule has 0 saturated heterocycles. The van der Waals surface area contributed by atoms with Crippen molar-refractivity contribution in [3.05, 3.63) is 89.5 Å². The molecule has 0 saturated carbocycles. The van der Waals surface area contributed by atoms with Gasteiger partial charge in [0.05, 0.1) is 7.11 Å². The van der Waals surface area contributed by atoms with Gasteiger partial charge in [-0.1, -0.05) is 66.2 Å².